The molecular formula is C35H40N6O4S. The molecule has 1 unspecified atom stereocenters. The third kappa shape index (κ3) is 5.13. The maximum atomic E-state index is 14.8. The van der Waals surface area contributed by atoms with Gasteiger partial charge >= 0.3 is 0 Å². The third-order valence-electron chi connectivity index (χ3n) is 9.97. The molecule has 4 aliphatic rings. The first-order valence-electron chi connectivity index (χ1n) is 16.2. The van der Waals surface area contributed by atoms with Gasteiger partial charge in [0.05, 0.1) is 22.1 Å². The van der Waals surface area contributed by atoms with Gasteiger partial charge in [0.15, 0.2) is 0 Å². The number of aromatic nitrogens is 3. The SMILES string of the molecule is C[C@@]12C=CCN(Cc3ccccc3)C(=O)[C@@H]1[C@H]1C(=O)N(CCCCCCO)C3C(=O)N(Cn4nnc5ccccc54)CC=C[C@@]31S2. The number of hydrogen-bond donors (Lipinski definition) is 1. The molecule has 2 fully saturated rings. The van der Waals surface area contributed by atoms with E-state index in [-0.39, 0.29) is 31.0 Å². The summed E-state index contributed by atoms with van der Waals surface area (Å²) < 4.78 is 0.178. The number of hydrogen-bond acceptors (Lipinski definition) is 7. The van der Waals surface area contributed by atoms with Crippen molar-refractivity contribution in [1.82, 2.24) is 29.7 Å². The number of fused-ring (bicyclic) bond motifs is 3. The molecule has 10 nitrogen and oxygen atoms in total. The molecule has 4 aliphatic heterocycles. The standard InChI is InChI=1S/C35H40N6O4S/c1-34-17-11-19-38(23-25-13-5-4-6-14-25)31(43)28(34)29-32(44)40(21-9-2-3-10-22-42)30-33(45)39(20-12-18-35(29,30)46-34)24-41-27-16-8-7-15-26(27)36-37-41/h4-8,11-18,28-30,42H,2-3,9-10,19-24H2,1H3/t28-,29-,30?,34+,35-/m0/s1. The first-order valence-corrected chi connectivity index (χ1v) is 17.0. The van der Waals surface area contributed by atoms with Gasteiger partial charge in [-0.05, 0) is 37.5 Å². The Labute approximate surface area is 273 Å². The topological polar surface area (TPSA) is 112 Å². The number of para-hydroxylation sites is 1. The molecule has 3 amide bonds. The van der Waals surface area contributed by atoms with Crippen molar-refractivity contribution in [1.29, 1.82) is 0 Å². The zero-order chi connectivity index (χ0) is 31.9. The fraction of sp³-hybridized carbons (Fsp3) is 0.457. The van der Waals surface area contributed by atoms with Crippen molar-refractivity contribution in [2.45, 2.75) is 61.4 Å². The Bertz CT molecular complexity index is 1690. The lowest BCUT2D eigenvalue weighted by atomic mass is 9.74. The minimum atomic E-state index is -0.895. The number of likely N-dealkylation sites (tertiary alicyclic amines) is 1. The van der Waals surface area contributed by atoms with E-state index in [1.54, 1.807) is 26.2 Å². The normalized spacial score (nSPS) is 28.9. The smallest absolute Gasteiger partial charge is 0.248 e. The molecule has 1 spiro atoms. The zero-order valence-electron chi connectivity index (χ0n) is 26.1. The van der Waals surface area contributed by atoms with Crippen molar-refractivity contribution in [3.8, 4) is 0 Å². The van der Waals surface area contributed by atoms with Crippen LogP contribution in [0.25, 0.3) is 11.0 Å². The number of nitrogens with zero attached hydrogens (tertiary/aromatic N) is 6. The lowest BCUT2D eigenvalue weighted by Gasteiger charge is -2.36. The van der Waals surface area contributed by atoms with Crippen LogP contribution in [0.4, 0.5) is 0 Å². The second kappa shape index (κ2) is 12.3. The molecule has 2 saturated heterocycles. The highest BCUT2D eigenvalue weighted by atomic mass is 32.2. The molecular weight excluding hydrogens is 600 g/mol. The summed E-state index contributed by atoms with van der Waals surface area (Å²) in [6.07, 6.45) is 11.3. The van der Waals surface area contributed by atoms with E-state index in [9.17, 15) is 19.5 Å². The van der Waals surface area contributed by atoms with E-state index in [4.69, 9.17) is 0 Å². The Morgan fingerprint density at radius 1 is 0.848 bits per heavy atom. The van der Waals surface area contributed by atoms with Crippen LogP contribution in [0.1, 0.15) is 38.2 Å². The summed E-state index contributed by atoms with van der Waals surface area (Å²) in [7, 11) is 0. The van der Waals surface area contributed by atoms with Gasteiger partial charge < -0.3 is 19.8 Å². The molecule has 2 aromatic carbocycles. The highest BCUT2D eigenvalue weighted by Crippen LogP contribution is 2.65. The molecule has 1 aromatic heterocycles. The van der Waals surface area contributed by atoms with Gasteiger partial charge in [0.2, 0.25) is 17.7 Å². The number of unbranched alkanes of at least 4 members (excludes halogenated alkanes) is 3. The maximum Gasteiger partial charge on any atom is 0.248 e. The van der Waals surface area contributed by atoms with Gasteiger partial charge in [0.1, 0.15) is 18.2 Å². The minimum absolute atomic E-state index is 0.0429. The van der Waals surface area contributed by atoms with Gasteiger partial charge in [-0.3, -0.25) is 14.4 Å². The van der Waals surface area contributed by atoms with Crippen LogP contribution in [0.15, 0.2) is 78.9 Å². The molecule has 11 heteroatoms. The second-order valence-corrected chi connectivity index (χ2v) is 14.7. The van der Waals surface area contributed by atoms with Crippen molar-refractivity contribution >= 4 is 40.5 Å². The average molecular weight is 641 g/mol. The minimum Gasteiger partial charge on any atom is -0.396 e. The van der Waals surface area contributed by atoms with Crippen LogP contribution in [-0.4, -0.2) is 94.3 Å². The van der Waals surface area contributed by atoms with Gasteiger partial charge in [-0.25, -0.2) is 4.68 Å². The van der Waals surface area contributed by atoms with Crippen LogP contribution in [0.5, 0.6) is 0 Å². The van der Waals surface area contributed by atoms with Crippen LogP contribution in [0.2, 0.25) is 0 Å². The fourth-order valence-corrected chi connectivity index (χ4v) is 10.0. The van der Waals surface area contributed by atoms with E-state index in [0.29, 0.717) is 32.6 Å². The van der Waals surface area contributed by atoms with E-state index < -0.39 is 27.4 Å². The van der Waals surface area contributed by atoms with Crippen LogP contribution < -0.4 is 0 Å². The molecule has 46 heavy (non-hydrogen) atoms. The number of carbonyl (C=O) groups excluding carboxylic acids is 3. The molecule has 5 heterocycles. The number of aliphatic hydroxyl groups excluding tert-OH is 1. The molecule has 0 radical (unpaired) electrons. The highest BCUT2D eigenvalue weighted by molar-refractivity contribution is 8.02. The summed E-state index contributed by atoms with van der Waals surface area (Å²) in [4.78, 5) is 49.4. The van der Waals surface area contributed by atoms with Gasteiger partial charge in [0, 0.05) is 37.5 Å². The van der Waals surface area contributed by atoms with E-state index in [1.165, 1.54) is 0 Å². The van der Waals surface area contributed by atoms with Crippen LogP contribution in [0.3, 0.4) is 0 Å². The number of aliphatic hydroxyl groups is 1. The molecule has 0 aliphatic carbocycles. The molecule has 0 bridgehead atoms. The Morgan fingerprint density at radius 3 is 2.41 bits per heavy atom. The molecule has 3 aromatic rings. The summed E-state index contributed by atoms with van der Waals surface area (Å²) in [5.41, 5.74) is 2.62. The zero-order valence-corrected chi connectivity index (χ0v) is 26.9. The van der Waals surface area contributed by atoms with E-state index in [2.05, 4.69) is 29.4 Å². The van der Waals surface area contributed by atoms with Gasteiger partial charge in [-0.2, -0.15) is 0 Å². The largest absolute Gasteiger partial charge is 0.396 e. The first kappa shape index (κ1) is 30.7. The molecule has 5 atom stereocenters. The second-order valence-electron chi connectivity index (χ2n) is 13.0. The van der Waals surface area contributed by atoms with E-state index in [0.717, 1.165) is 35.9 Å². The number of carbonyl (C=O) groups is 3. The van der Waals surface area contributed by atoms with Crippen molar-refractivity contribution in [2.24, 2.45) is 11.8 Å². The Kier molecular flexibility index (Phi) is 8.23. The Balaban J connectivity index is 1.24. The van der Waals surface area contributed by atoms with Crippen LogP contribution in [0, 0.1) is 11.8 Å². The molecule has 7 rings (SSSR count). The first-order chi connectivity index (χ1) is 22.4. The van der Waals surface area contributed by atoms with Gasteiger partial charge in [-0.1, -0.05) is 84.8 Å². The number of benzene rings is 2. The van der Waals surface area contributed by atoms with Crippen LogP contribution >= 0.6 is 11.8 Å². The highest BCUT2D eigenvalue weighted by Gasteiger charge is 2.73. The summed E-state index contributed by atoms with van der Waals surface area (Å²) in [5.74, 6) is -1.59. The van der Waals surface area contributed by atoms with Crippen molar-refractivity contribution < 1.29 is 19.5 Å². The van der Waals surface area contributed by atoms with Gasteiger partial charge in [-0.15, -0.1) is 16.9 Å². The summed E-state index contributed by atoms with van der Waals surface area (Å²) in [6, 6.07) is 16.8. The number of rotatable bonds is 10. The predicted molar refractivity (Wildman–Crippen MR) is 176 cm³/mol. The lowest BCUT2D eigenvalue weighted by molar-refractivity contribution is -0.145. The number of thioether (sulfide) groups is 1. The predicted octanol–water partition coefficient (Wildman–Crippen LogP) is 3.63. The van der Waals surface area contributed by atoms with Crippen molar-refractivity contribution in [3.63, 3.8) is 0 Å². The Hall–Kier alpha value is -3.96. The van der Waals surface area contributed by atoms with E-state index in [1.807, 2.05) is 71.6 Å². The van der Waals surface area contributed by atoms with Crippen molar-refractivity contribution in [3.05, 3.63) is 84.5 Å². The quantitative estimate of drug-likeness (QED) is 0.266. The summed E-state index contributed by atoms with van der Waals surface area (Å²) in [5, 5.41) is 17.9. The summed E-state index contributed by atoms with van der Waals surface area (Å²) >= 11 is 1.61. The average Bonchev–Trinajstić information content (AvgIpc) is 3.59. The monoisotopic (exact) mass is 640 g/mol. The fourth-order valence-electron chi connectivity index (χ4n) is 7.86. The third-order valence-corrected chi connectivity index (χ3v) is 11.8. The molecule has 240 valence electrons. The molecule has 0 saturated carbocycles. The van der Waals surface area contributed by atoms with Crippen molar-refractivity contribution in [2.75, 3.05) is 26.2 Å². The van der Waals surface area contributed by atoms with Crippen LogP contribution in [-0.2, 0) is 27.6 Å². The number of amides is 3. The lowest BCUT2D eigenvalue weighted by Crippen LogP contribution is -2.53. The molecule has 1 N–H and O–H groups in total. The summed E-state index contributed by atoms with van der Waals surface area (Å²) in [6.45, 7) is 4.12. The Morgan fingerprint density at radius 2 is 1.59 bits per heavy atom. The maximum absolute atomic E-state index is 14.8. The van der Waals surface area contributed by atoms with Gasteiger partial charge in [0.25, 0.3) is 0 Å². The van der Waals surface area contributed by atoms with E-state index >= 15 is 0 Å².